The third kappa shape index (κ3) is 4.02. The zero-order chi connectivity index (χ0) is 21.2. The Bertz CT molecular complexity index is 1130. The minimum atomic E-state index is -0.185. The molecule has 1 N–H and O–H groups in total. The molecule has 1 amide bonds. The van der Waals surface area contributed by atoms with Crippen LogP contribution < -0.4 is 5.32 Å². The van der Waals surface area contributed by atoms with Gasteiger partial charge in [0.05, 0.1) is 12.7 Å². The Kier molecular flexibility index (Phi) is 5.37. The fourth-order valence-electron chi connectivity index (χ4n) is 4.37. The molecule has 31 heavy (non-hydrogen) atoms. The van der Waals surface area contributed by atoms with Crippen LogP contribution >= 0.6 is 0 Å². The van der Waals surface area contributed by atoms with Crippen LogP contribution in [0.2, 0.25) is 0 Å². The zero-order valence-corrected chi connectivity index (χ0v) is 17.2. The summed E-state index contributed by atoms with van der Waals surface area (Å²) < 4.78 is 5.86. The summed E-state index contributed by atoms with van der Waals surface area (Å²) in [5, 5.41) is 2.98. The molecule has 3 aromatic rings. The number of hydrogen-bond donors (Lipinski definition) is 1. The van der Waals surface area contributed by atoms with E-state index in [1.165, 1.54) is 5.56 Å². The Hall–Kier alpha value is -3.28. The number of carbonyl (C=O) groups is 2. The molecule has 2 aliphatic rings. The lowest BCUT2D eigenvalue weighted by Crippen LogP contribution is -2.47. The summed E-state index contributed by atoms with van der Waals surface area (Å²) >= 11 is 0. The first kappa shape index (κ1) is 19.7. The monoisotopic (exact) mass is 412 g/mol. The van der Waals surface area contributed by atoms with Crippen LogP contribution in [0.3, 0.4) is 0 Å². The summed E-state index contributed by atoms with van der Waals surface area (Å²) in [5.74, 6) is -0.206. The van der Waals surface area contributed by atoms with E-state index >= 15 is 0 Å². The molecule has 1 atom stereocenters. The van der Waals surface area contributed by atoms with Gasteiger partial charge in [0.1, 0.15) is 0 Å². The van der Waals surface area contributed by atoms with Gasteiger partial charge in [-0.15, -0.1) is 0 Å². The van der Waals surface area contributed by atoms with Gasteiger partial charge < -0.3 is 10.1 Å². The fourth-order valence-corrected chi connectivity index (χ4v) is 4.37. The molecule has 1 heterocycles. The molecule has 1 fully saturated rings. The summed E-state index contributed by atoms with van der Waals surface area (Å²) in [6, 6.07) is 23.3. The van der Waals surface area contributed by atoms with Crippen molar-refractivity contribution < 1.29 is 14.3 Å². The number of hydrogen-bond acceptors (Lipinski definition) is 4. The SMILES string of the molecule is O=C(NC[C@H]1CN(Cc2ccccc2)CCO1)c1ccc2c(c1)C(=O)c1ccccc1-2. The number of nitrogens with one attached hydrogen (secondary N) is 1. The van der Waals surface area contributed by atoms with Gasteiger partial charge >= 0.3 is 0 Å². The Balaban J connectivity index is 1.21. The van der Waals surface area contributed by atoms with Crippen LogP contribution in [0.1, 0.15) is 31.8 Å². The Labute approximate surface area is 181 Å². The number of ketones is 1. The normalized spacial score (nSPS) is 17.8. The molecule has 3 aromatic carbocycles. The average molecular weight is 412 g/mol. The first-order valence-corrected chi connectivity index (χ1v) is 10.6. The molecular weight excluding hydrogens is 388 g/mol. The summed E-state index contributed by atoms with van der Waals surface area (Å²) in [4.78, 5) is 27.8. The molecule has 0 unspecified atom stereocenters. The highest BCUT2D eigenvalue weighted by molar-refractivity contribution is 6.22. The molecule has 1 saturated heterocycles. The molecule has 0 spiro atoms. The number of benzene rings is 3. The minimum absolute atomic E-state index is 0.0209. The second-order valence-electron chi connectivity index (χ2n) is 8.06. The van der Waals surface area contributed by atoms with Gasteiger partial charge in [-0.3, -0.25) is 14.5 Å². The molecule has 0 saturated carbocycles. The van der Waals surface area contributed by atoms with Crippen LogP contribution in [0.4, 0.5) is 0 Å². The topological polar surface area (TPSA) is 58.6 Å². The van der Waals surface area contributed by atoms with Gasteiger partial charge in [0.15, 0.2) is 5.78 Å². The maximum Gasteiger partial charge on any atom is 0.251 e. The Morgan fingerprint density at radius 3 is 2.52 bits per heavy atom. The van der Waals surface area contributed by atoms with E-state index in [2.05, 4.69) is 22.3 Å². The van der Waals surface area contributed by atoms with E-state index in [9.17, 15) is 9.59 Å². The predicted octanol–water partition coefficient (Wildman–Crippen LogP) is 3.53. The summed E-state index contributed by atoms with van der Waals surface area (Å²) in [6.45, 7) is 3.62. The summed E-state index contributed by atoms with van der Waals surface area (Å²) in [5.41, 5.74) is 4.89. The van der Waals surface area contributed by atoms with E-state index in [-0.39, 0.29) is 17.8 Å². The standard InChI is InChI=1S/C26H24N2O3/c29-25-23-9-5-4-8-21(23)22-11-10-19(14-24(22)25)26(30)27-15-20-17-28(12-13-31-20)16-18-6-2-1-3-7-18/h1-11,14,20H,12-13,15-17H2,(H,27,30)/t20-/m0/s1. The molecule has 0 bridgehead atoms. The maximum atomic E-state index is 12.7. The predicted molar refractivity (Wildman–Crippen MR) is 119 cm³/mol. The fraction of sp³-hybridized carbons (Fsp3) is 0.231. The van der Waals surface area contributed by atoms with E-state index in [4.69, 9.17) is 4.74 Å². The number of amides is 1. The largest absolute Gasteiger partial charge is 0.374 e. The van der Waals surface area contributed by atoms with Crippen LogP contribution in [-0.4, -0.2) is 48.9 Å². The van der Waals surface area contributed by atoms with Gasteiger partial charge in [0, 0.05) is 42.9 Å². The second-order valence-corrected chi connectivity index (χ2v) is 8.06. The van der Waals surface area contributed by atoms with Gasteiger partial charge in [-0.25, -0.2) is 0 Å². The molecule has 1 aliphatic carbocycles. The van der Waals surface area contributed by atoms with Crippen molar-refractivity contribution in [2.45, 2.75) is 12.6 Å². The molecule has 156 valence electrons. The smallest absolute Gasteiger partial charge is 0.251 e. The average Bonchev–Trinajstić information content (AvgIpc) is 3.10. The summed E-state index contributed by atoms with van der Waals surface area (Å²) in [7, 11) is 0. The van der Waals surface area contributed by atoms with Crippen molar-refractivity contribution in [3.8, 4) is 11.1 Å². The zero-order valence-electron chi connectivity index (χ0n) is 17.2. The summed E-state index contributed by atoms with van der Waals surface area (Å²) in [6.07, 6.45) is -0.0540. The van der Waals surface area contributed by atoms with Gasteiger partial charge in [-0.2, -0.15) is 0 Å². The first-order valence-electron chi connectivity index (χ1n) is 10.6. The lowest BCUT2D eigenvalue weighted by molar-refractivity contribution is -0.0292. The highest BCUT2D eigenvalue weighted by Gasteiger charge is 2.27. The molecule has 5 heteroatoms. The van der Waals surface area contributed by atoms with Gasteiger partial charge in [-0.05, 0) is 28.8 Å². The third-order valence-electron chi connectivity index (χ3n) is 5.95. The van der Waals surface area contributed by atoms with Crippen LogP contribution in [0.15, 0.2) is 72.8 Å². The molecule has 0 aromatic heterocycles. The number of rotatable bonds is 5. The minimum Gasteiger partial charge on any atom is -0.374 e. The van der Waals surface area contributed by atoms with E-state index in [1.54, 1.807) is 12.1 Å². The van der Waals surface area contributed by atoms with E-state index < -0.39 is 0 Å². The molecule has 5 nitrogen and oxygen atoms in total. The number of carbonyl (C=O) groups excluding carboxylic acids is 2. The third-order valence-corrected chi connectivity index (χ3v) is 5.95. The van der Waals surface area contributed by atoms with Crippen LogP contribution in [0, 0.1) is 0 Å². The van der Waals surface area contributed by atoms with Crippen molar-refractivity contribution in [3.63, 3.8) is 0 Å². The number of fused-ring (bicyclic) bond motifs is 3. The first-order chi connectivity index (χ1) is 15.2. The number of nitrogens with zero attached hydrogens (tertiary/aromatic N) is 1. The lowest BCUT2D eigenvalue weighted by Gasteiger charge is -2.33. The molecular formula is C26H24N2O3. The lowest BCUT2D eigenvalue weighted by atomic mass is 10.0. The quantitative estimate of drug-likeness (QED) is 0.545. The highest BCUT2D eigenvalue weighted by Crippen LogP contribution is 2.36. The van der Waals surface area contributed by atoms with Crippen molar-refractivity contribution in [3.05, 3.63) is 95.1 Å². The van der Waals surface area contributed by atoms with Crippen LogP contribution in [-0.2, 0) is 11.3 Å². The Morgan fingerprint density at radius 1 is 0.935 bits per heavy atom. The number of ether oxygens (including phenoxy) is 1. The van der Waals surface area contributed by atoms with Gasteiger partial charge in [-0.1, -0.05) is 60.7 Å². The van der Waals surface area contributed by atoms with Crippen molar-refractivity contribution in [1.82, 2.24) is 10.2 Å². The van der Waals surface area contributed by atoms with Crippen molar-refractivity contribution >= 4 is 11.7 Å². The van der Waals surface area contributed by atoms with Gasteiger partial charge in [0.2, 0.25) is 0 Å². The second kappa shape index (κ2) is 8.46. The van der Waals surface area contributed by atoms with Crippen molar-refractivity contribution in [1.29, 1.82) is 0 Å². The Morgan fingerprint density at radius 2 is 1.68 bits per heavy atom. The molecule has 1 aliphatic heterocycles. The van der Waals surface area contributed by atoms with E-state index in [0.717, 1.165) is 30.8 Å². The van der Waals surface area contributed by atoms with Crippen LogP contribution in [0.5, 0.6) is 0 Å². The van der Waals surface area contributed by atoms with Gasteiger partial charge in [0.25, 0.3) is 5.91 Å². The molecule has 5 rings (SSSR count). The van der Waals surface area contributed by atoms with Crippen molar-refractivity contribution in [2.24, 2.45) is 0 Å². The van der Waals surface area contributed by atoms with Crippen LogP contribution in [0.25, 0.3) is 11.1 Å². The highest BCUT2D eigenvalue weighted by atomic mass is 16.5. The van der Waals surface area contributed by atoms with Crippen molar-refractivity contribution in [2.75, 3.05) is 26.2 Å². The van der Waals surface area contributed by atoms with E-state index in [0.29, 0.717) is 29.8 Å². The van der Waals surface area contributed by atoms with E-state index in [1.807, 2.05) is 48.5 Å². The molecule has 0 radical (unpaired) electrons. The number of morpholine rings is 1. The maximum absolute atomic E-state index is 12.7.